The SMILES string of the molecule is CCOCCO[C@H](C)C(=O)Nc1ccc(C)c2cn[nH]c12. The summed E-state index contributed by atoms with van der Waals surface area (Å²) in [4.78, 5) is 12.1. The molecule has 0 spiro atoms. The Labute approximate surface area is 123 Å². The lowest BCUT2D eigenvalue weighted by molar-refractivity contribution is -0.127. The Kier molecular flexibility index (Phi) is 5.30. The first-order chi connectivity index (χ1) is 10.1. The first-order valence-electron chi connectivity index (χ1n) is 7.06. The molecular formula is C15H21N3O3. The Morgan fingerprint density at radius 2 is 2.24 bits per heavy atom. The Bertz CT molecular complexity index is 609. The van der Waals surface area contributed by atoms with Crippen LogP contribution in [0.1, 0.15) is 19.4 Å². The molecule has 0 aliphatic carbocycles. The summed E-state index contributed by atoms with van der Waals surface area (Å²) in [7, 11) is 0. The van der Waals surface area contributed by atoms with Crippen LogP contribution in [0.5, 0.6) is 0 Å². The van der Waals surface area contributed by atoms with E-state index in [9.17, 15) is 4.79 Å². The van der Waals surface area contributed by atoms with Gasteiger partial charge in [0.1, 0.15) is 6.10 Å². The van der Waals surface area contributed by atoms with Crippen LogP contribution in [-0.2, 0) is 14.3 Å². The van der Waals surface area contributed by atoms with Crippen molar-refractivity contribution in [3.05, 3.63) is 23.9 Å². The number of rotatable bonds is 7. The number of carbonyl (C=O) groups is 1. The van der Waals surface area contributed by atoms with Crippen molar-refractivity contribution in [3.8, 4) is 0 Å². The summed E-state index contributed by atoms with van der Waals surface area (Å²) in [5.41, 5.74) is 2.64. The standard InChI is InChI=1S/C15H21N3O3/c1-4-20-7-8-21-11(3)15(19)17-13-6-5-10(2)12-9-16-18-14(12)13/h5-6,9,11H,4,7-8H2,1-3H3,(H,16,18)(H,17,19)/t11-/m1/s1. The number of carbonyl (C=O) groups excluding carboxylic acids is 1. The maximum absolute atomic E-state index is 12.1. The van der Waals surface area contributed by atoms with Gasteiger partial charge in [-0.1, -0.05) is 6.07 Å². The van der Waals surface area contributed by atoms with Crippen LogP contribution in [0.3, 0.4) is 0 Å². The average Bonchev–Trinajstić information content (AvgIpc) is 2.97. The van der Waals surface area contributed by atoms with Gasteiger partial charge in [-0.2, -0.15) is 5.10 Å². The Hall–Kier alpha value is -1.92. The van der Waals surface area contributed by atoms with Crippen LogP contribution in [0.15, 0.2) is 18.3 Å². The van der Waals surface area contributed by atoms with Gasteiger partial charge in [0, 0.05) is 12.0 Å². The number of fused-ring (bicyclic) bond motifs is 1. The lowest BCUT2D eigenvalue weighted by Gasteiger charge is -2.14. The molecular weight excluding hydrogens is 270 g/mol. The molecule has 6 nitrogen and oxygen atoms in total. The van der Waals surface area contributed by atoms with E-state index < -0.39 is 6.10 Å². The summed E-state index contributed by atoms with van der Waals surface area (Å²) >= 11 is 0. The maximum atomic E-state index is 12.1. The fraction of sp³-hybridized carbons (Fsp3) is 0.467. The normalized spacial score (nSPS) is 12.5. The molecule has 0 saturated carbocycles. The van der Waals surface area contributed by atoms with E-state index in [4.69, 9.17) is 9.47 Å². The lowest BCUT2D eigenvalue weighted by atomic mass is 10.1. The number of aromatic nitrogens is 2. The lowest BCUT2D eigenvalue weighted by Crippen LogP contribution is -2.29. The molecule has 0 unspecified atom stereocenters. The summed E-state index contributed by atoms with van der Waals surface area (Å²) in [6.45, 7) is 7.18. The van der Waals surface area contributed by atoms with Crippen LogP contribution < -0.4 is 5.32 Å². The number of hydrogen-bond acceptors (Lipinski definition) is 4. The molecule has 2 N–H and O–H groups in total. The van der Waals surface area contributed by atoms with E-state index in [1.54, 1.807) is 13.1 Å². The van der Waals surface area contributed by atoms with E-state index >= 15 is 0 Å². The van der Waals surface area contributed by atoms with Crippen molar-refractivity contribution in [2.24, 2.45) is 0 Å². The highest BCUT2D eigenvalue weighted by molar-refractivity contribution is 6.02. The molecule has 1 aromatic heterocycles. The van der Waals surface area contributed by atoms with E-state index in [0.717, 1.165) is 16.5 Å². The van der Waals surface area contributed by atoms with E-state index in [1.165, 1.54) is 0 Å². The summed E-state index contributed by atoms with van der Waals surface area (Å²) < 4.78 is 10.6. The molecule has 0 saturated heterocycles. The summed E-state index contributed by atoms with van der Waals surface area (Å²) in [6.07, 6.45) is 1.22. The summed E-state index contributed by atoms with van der Waals surface area (Å²) in [5, 5.41) is 10.8. The van der Waals surface area contributed by atoms with Crippen LogP contribution in [0, 0.1) is 6.92 Å². The molecule has 6 heteroatoms. The molecule has 0 aliphatic heterocycles. The quantitative estimate of drug-likeness (QED) is 0.767. The minimum Gasteiger partial charge on any atom is -0.379 e. The highest BCUT2D eigenvalue weighted by Crippen LogP contribution is 2.24. The van der Waals surface area contributed by atoms with Crippen LogP contribution in [0.4, 0.5) is 5.69 Å². The predicted octanol–water partition coefficient (Wildman–Crippen LogP) is 2.25. The van der Waals surface area contributed by atoms with Gasteiger partial charge in [0.25, 0.3) is 5.91 Å². The van der Waals surface area contributed by atoms with Gasteiger partial charge in [-0.05, 0) is 32.4 Å². The number of H-pyrrole nitrogens is 1. The van der Waals surface area contributed by atoms with Crippen molar-refractivity contribution in [1.29, 1.82) is 0 Å². The van der Waals surface area contributed by atoms with E-state index in [2.05, 4.69) is 15.5 Å². The largest absolute Gasteiger partial charge is 0.379 e. The molecule has 0 fully saturated rings. The van der Waals surface area contributed by atoms with Crippen molar-refractivity contribution >= 4 is 22.5 Å². The number of hydrogen-bond donors (Lipinski definition) is 2. The number of aromatic amines is 1. The van der Waals surface area contributed by atoms with Gasteiger partial charge < -0.3 is 14.8 Å². The molecule has 2 aromatic rings. The summed E-state index contributed by atoms with van der Waals surface area (Å²) in [5.74, 6) is -0.189. The number of benzene rings is 1. The molecule has 1 atom stereocenters. The van der Waals surface area contributed by atoms with Gasteiger partial charge in [0.15, 0.2) is 0 Å². The van der Waals surface area contributed by atoms with Crippen molar-refractivity contribution in [2.45, 2.75) is 26.9 Å². The topological polar surface area (TPSA) is 76.2 Å². The van der Waals surface area contributed by atoms with Gasteiger partial charge in [-0.15, -0.1) is 0 Å². The second kappa shape index (κ2) is 7.19. The Morgan fingerprint density at radius 3 is 3.00 bits per heavy atom. The zero-order valence-electron chi connectivity index (χ0n) is 12.6. The zero-order valence-corrected chi connectivity index (χ0v) is 12.6. The molecule has 1 amide bonds. The Morgan fingerprint density at radius 1 is 1.43 bits per heavy atom. The summed E-state index contributed by atoms with van der Waals surface area (Å²) in [6, 6.07) is 3.81. The molecule has 114 valence electrons. The van der Waals surface area contributed by atoms with Crippen molar-refractivity contribution in [1.82, 2.24) is 10.2 Å². The fourth-order valence-electron chi connectivity index (χ4n) is 2.01. The van der Waals surface area contributed by atoms with Gasteiger partial charge >= 0.3 is 0 Å². The third-order valence-electron chi connectivity index (χ3n) is 3.26. The highest BCUT2D eigenvalue weighted by Gasteiger charge is 2.15. The predicted molar refractivity (Wildman–Crippen MR) is 81.4 cm³/mol. The number of nitrogens with one attached hydrogen (secondary N) is 2. The van der Waals surface area contributed by atoms with Crippen molar-refractivity contribution < 1.29 is 14.3 Å². The van der Waals surface area contributed by atoms with Gasteiger partial charge in [0.05, 0.1) is 30.6 Å². The van der Waals surface area contributed by atoms with Crippen LogP contribution in [-0.4, -0.2) is 42.0 Å². The van der Waals surface area contributed by atoms with Crippen LogP contribution in [0.25, 0.3) is 10.9 Å². The average molecular weight is 291 g/mol. The van der Waals surface area contributed by atoms with Crippen molar-refractivity contribution in [2.75, 3.05) is 25.1 Å². The van der Waals surface area contributed by atoms with E-state index in [-0.39, 0.29) is 5.91 Å². The first-order valence-corrected chi connectivity index (χ1v) is 7.06. The van der Waals surface area contributed by atoms with Gasteiger partial charge in [-0.25, -0.2) is 0 Å². The molecule has 2 rings (SSSR count). The number of aryl methyl sites for hydroxylation is 1. The highest BCUT2D eigenvalue weighted by atomic mass is 16.5. The fourth-order valence-corrected chi connectivity index (χ4v) is 2.01. The smallest absolute Gasteiger partial charge is 0.253 e. The van der Waals surface area contributed by atoms with Gasteiger partial charge in [-0.3, -0.25) is 9.89 Å². The van der Waals surface area contributed by atoms with Crippen LogP contribution >= 0.6 is 0 Å². The minimum absolute atomic E-state index is 0.189. The molecule has 0 radical (unpaired) electrons. The minimum atomic E-state index is -0.537. The molecule has 0 bridgehead atoms. The molecule has 1 heterocycles. The Balaban J connectivity index is 1.98. The van der Waals surface area contributed by atoms with Crippen LogP contribution in [0.2, 0.25) is 0 Å². The first kappa shape index (κ1) is 15.5. The molecule has 1 aromatic carbocycles. The van der Waals surface area contributed by atoms with Gasteiger partial charge in [0.2, 0.25) is 0 Å². The number of anilines is 1. The zero-order chi connectivity index (χ0) is 15.2. The van der Waals surface area contributed by atoms with Crippen molar-refractivity contribution in [3.63, 3.8) is 0 Å². The number of nitrogens with zero attached hydrogens (tertiary/aromatic N) is 1. The second-order valence-corrected chi connectivity index (χ2v) is 4.79. The number of amides is 1. The molecule has 0 aliphatic rings. The third-order valence-corrected chi connectivity index (χ3v) is 3.26. The maximum Gasteiger partial charge on any atom is 0.253 e. The third kappa shape index (κ3) is 3.80. The van der Waals surface area contributed by atoms with E-state index in [1.807, 2.05) is 26.0 Å². The molecule has 21 heavy (non-hydrogen) atoms. The second-order valence-electron chi connectivity index (χ2n) is 4.79. The number of ether oxygens (including phenoxy) is 2. The monoisotopic (exact) mass is 291 g/mol. The van der Waals surface area contributed by atoms with E-state index in [0.29, 0.717) is 25.5 Å².